The predicted octanol–water partition coefficient (Wildman–Crippen LogP) is 5.45. The van der Waals surface area contributed by atoms with E-state index < -0.39 is 34.3 Å². The van der Waals surface area contributed by atoms with Crippen molar-refractivity contribution in [2.24, 2.45) is 0 Å². The van der Waals surface area contributed by atoms with E-state index in [-0.39, 0.29) is 29.1 Å². The van der Waals surface area contributed by atoms with Crippen LogP contribution in [0, 0.1) is 12.7 Å². The molecule has 226 valence electrons. The van der Waals surface area contributed by atoms with Gasteiger partial charge in [-0.3, -0.25) is 13.9 Å². The van der Waals surface area contributed by atoms with Crippen molar-refractivity contribution in [3.8, 4) is 5.75 Å². The van der Waals surface area contributed by atoms with Crippen molar-refractivity contribution in [3.05, 3.63) is 89.7 Å². The lowest BCUT2D eigenvalue weighted by atomic mass is 10.1. The number of ether oxygens (including phenoxy) is 1. The lowest BCUT2D eigenvalue weighted by molar-refractivity contribution is -0.140. The highest BCUT2D eigenvalue weighted by atomic mass is 32.2. The minimum Gasteiger partial charge on any atom is -0.494 e. The summed E-state index contributed by atoms with van der Waals surface area (Å²) in [6, 6.07) is 17.5. The molecular formula is C32H40FN3O5S. The second-order valence-electron chi connectivity index (χ2n) is 10.1. The van der Waals surface area contributed by atoms with Crippen molar-refractivity contribution >= 4 is 27.5 Å². The largest absolute Gasteiger partial charge is 0.494 e. The fraction of sp³-hybridized carbons (Fsp3) is 0.375. The first-order valence-electron chi connectivity index (χ1n) is 14.2. The van der Waals surface area contributed by atoms with E-state index in [0.29, 0.717) is 18.8 Å². The SMILES string of the molecule is CCOc1ccc(N(CC(=O)N(Cc2ccc(C)cc2)[C@H](CC)C(=O)N[C@@H](C)CC)S(=O)(=O)c2ccc(F)cc2)cc1. The molecule has 2 atom stereocenters. The molecule has 3 aromatic rings. The highest BCUT2D eigenvalue weighted by molar-refractivity contribution is 7.92. The molecule has 0 unspecified atom stereocenters. The standard InChI is InChI=1S/C32H40FN3O5S/c1-6-24(5)34-32(38)30(7-2)35(21-25-11-9-23(4)10-12-25)31(37)22-36(27-15-17-28(18-16-27)41-8-3)42(39,40)29-19-13-26(33)14-20-29/h9-20,24,30H,6-8,21-22H2,1-5H3,(H,34,38)/t24-,30+/m0/s1. The quantitative estimate of drug-likeness (QED) is 0.267. The average Bonchev–Trinajstić information content (AvgIpc) is 2.97. The number of hydrogen-bond donors (Lipinski definition) is 1. The number of anilines is 1. The Morgan fingerprint density at radius 2 is 1.52 bits per heavy atom. The van der Waals surface area contributed by atoms with Crippen molar-refractivity contribution in [1.29, 1.82) is 0 Å². The Morgan fingerprint density at radius 3 is 2.07 bits per heavy atom. The Balaban J connectivity index is 2.05. The highest BCUT2D eigenvalue weighted by Gasteiger charge is 2.34. The van der Waals surface area contributed by atoms with Crippen molar-refractivity contribution in [2.75, 3.05) is 17.5 Å². The Labute approximate surface area is 248 Å². The van der Waals surface area contributed by atoms with Gasteiger partial charge in [0, 0.05) is 12.6 Å². The topological polar surface area (TPSA) is 96.0 Å². The summed E-state index contributed by atoms with van der Waals surface area (Å²) in [5, 5.41) is 2.96. The van der Waals surface area contributed by atoms with Crippen LogP contribution in [-0.2, 0) is 26.2 Å². The summed E-state index contributed by atoms with van der Waals surface area (Å²) in [6.45, 7) is 9.41. The van der Waals surface area contributed by atoms with E-state index in [2.05, 4.69) is 5.32 Å². The van der Waals surface area contributed by atoms with Crippen LogP contribution in [0.1, 0.15) is 51.7 Å². The highest BCUT2D eigenvalue weighted by Crippen LogP contribution is 2.27. The fourth-order valence-electron chi connectivity index (χ4n) is 4.39. The van der Waals surface area contributed by atoms with E-state index in [1.807, 2.05) is 58.9 Å². The minimum atomic E-state index is -4.30. The first-order valence-corrected chi connectivity index (χ1v) is 15.6. The normalized spacial score (nSPS) is 12.7. The first-order chi connectivity index (χ1) is 20.0. The molecule has 2 amide bonds. The number of halogens is 1. The van der Waals surface area contributed by atoms with Gasteiger partial charge in [0.25, 0.3) is 10.0 Å². The summed E-state index contributed by atoms with van der Waals surface area (Å²) in [7, 11) is -4.30. The molecule has 0 aliphatic carbocycles. The molecule has 1 N–H and O–H groups in total. The van der Waals surface area contributed by atoms with Gasteiger partial charge in [-0.2, -0.15) is 0 Å². The number of nitrogens with zero attached hydrogens (tertiary/aromatic N) is 2. The van der Waals surface area contributed by atoms with E-state index in [9.17, 15) is 22.4 Å². The van der Waals surface area contributed by atoms with Gasteiger partial charge in [0.05, 0.1) is 17.2 Å². The summed E-state index contributed by atoms with van der Waals surface area (Å²) >= 11 is 0. The Bertz CT molecular complexity index is 1430. The maximum atomic E-state index is 14.1. The van der Waals surface area contributed by atoms with E-state index in [0.717, 1.165) is 46.1 Å². The molecule has 0 spiro atoms. The second kappa shape index (κ2) is 14.8. The molecule has 0 fully saturated rings. The molecule has 10 heteroatoms. The van der Waals surface area contributed by atoms with Crippen LogP contribution in [0.15, 0.2) is 77.7 Å². The third-order valence-corrected chi connectivity index (χ3v) is 8.76. The minimum absolute atomic E-state index is 0.0953. The third kappa shape index (κ3) is 8.31. The maximum Gasteiger partial charge on any atom is 0.264 e. The molecule has 0 aromatic heterocycles. The number of carbonyl (C=O) groups is 2. The number of rotatable bonds is 14. The zero-order valence-corrected chi connectivity index (χ0v) is 25.7. The summed E-state index contributed by atoms with van der Waals surface area (Å²) in [6.07, 6.45) is 1.04. The maximum absolute atomic E-state index is 14.1. The molecule has 8 nitrogen and oxygen atoms in total. The van der Waals surface area contributed by atoms with Crippen LogP contribution in [0.3, 0.4) is 0 Å². The number of sulfonamides is 1. The van der Waals surface area contributed by atoms with Crippen molar-refractivity contribution < 1.29 is 27.1 Å². The van der Waals surface area contributed by atoms with Crippen molar-refractivity contribution in [2.45, 2.75) is 71.0 Å². The van der Waals surface area contributed by atoms with E-state index >= 15 is 0 Å². The molecule has 42 heavy (non-hydrogen) atoms. The molecule has 0 aliphatic heterocycles. The summed E-state index contributed by atoms with van der Waals surface area (Å²) < 4.78 is 47.9. The van der Waals surface area contributed by atoms with Crippen LogP contribution >= 0.6 is 0 Å². The average molecular weight is 598 g/mol. The van der Waals surface area contributed by atoms with Crippen LogP contribution in [0.5, 0.6) is 5.75 Å². The summed E-state index contributed by atoms with van der Waals surface area (Å²) in [5.41, 5.74) is 2.08. The third-order valence-electron chi connectivity index (χ3n) is 6.98. The molecule has 0 bridgehead atoms. The number of amides is 2. The Kier molecular flexibility index (Phi) is 11.5. The van der Waals surface area contributed by atoms with Gasteiger partial charge in [0.2, 0.25) is 11.8 Å². The summed E-state index contributed by atoms with van der Waals surface area (Å²) in [4.78, 5) is 28.7. The van der Waals surface area contributed by atoms with Gasteiger partial charge in [-0.05, 0) is 87.7 Å². The van der Waals surface area contributed by atoms with Gasteiger partial charge in [0.1, 0.15) is 24.2 Å². The number of hydrogen-bond acceptors (Lipinski definition) is 5. The van der Waals surface area contributed by atoms with E-state index in [1.54, 1.807) is 24.3 Å². The lowest BCUT2D eigenvalue weighted by Gasteiger charge is -2.33. The molecule has 3 aromatic carbocycles. The van der Waals surface area contributed by atoms with Crippen molar-refractivity contribution in [1.82, 2.24) is 10.2 Å². The molecule has 0 saturated heterocycles. The Hall–Kier alpha value is -3.92. The van der Waals surface area contributed by atoms with Gasteiger partial charge in [-0.25, -0.2) is 12.8 Å². The zero-order chi connectivity index (χ0) is 30.9. The van der Waals surface area contributed by atoms with Gasteiger partial charge < -0.3 is 15.0 Å². The number of benzene rings is 3. The van der Waals surface area contributed by atoms with Crippen LogP contribution in [-0.4, -0.2) is 50.4 Å². The smallest absolute Gasteiger partial charge is 0.264 e. The van der Waals surface area contributed by atoms with Crippen molar-refractivity contribution in [3.63, 3.8) is 0 Å². The van der Waals surface area contributed by atoms with Gasteiger partial charge in [-0.15, -0.1) is 0 Å². The van der Waals surface area contributed by atoms with E-state index in [4.69, 9.17) is 4.74 Å². The zero-order valence-electron chi connectivity index (χ0n) is 24.8. The predicted molar refractivity (Wildman–Crippen MR) is 162 cm³/mol. The number of carbonyl (C=O) groups excluding carboxylic acids is 2. The summed E-state index contributed by atoms with van der Waals surface area (Å²) in [5.74, 6) is -0.900. The van der Waals surface area contributed by atoms with Crippen LogP contribution in [0.25, 0.3) is 0 Å². The first kappa shape index (κ1) is 32.6. The van der Waals surface area contributed by atoms with Crippen LogP contribution in [0.2, 0.25) is 0 Å². The van der Waals surface area contributed by atoms with Gasteiger partial charge >= 0.3 is 0 Å². The second-order valence-corrected chi connectivity index (χ2v) is 12.0. The molecule has 3 rings (SSSR count). The van der Waals surface area contributed by atoms with Crippen LogP contribution < -0.4 is 14.4 Å². The molecule has 0 saturated carbocycles. The Morgan fingerprint density at radius 1 is 0.905 bits per heavy atom. The lowest BCUT2D eigenvalue weighted by Crippen LogP contribution is -2.53. The molecule has 0 radical (unpaired) electrons. The van der Waals surface area contributed by atoms with E-state index in [1.165, 1.54) is 4.90 Å². The number of aryl methyl sites for hydroxylation is 1. The number of nitrogens with one attached hydrogen (secondary N) is 1. The van der Waals surface area contributed by atoms with Gasteiger partial charge in [-0.1, -0.05) is 43.7 Å². The molecular weight excluding hydrogens is 557 g/mol. The van der Waals surface area contributed by atoms with Crippen LogP contribution in [0.4, 0.5) is 10.1 Å². The molecule has 0 aliphatic rings. The fourth-order valence-corrected chi connectivity index (χ4v) is 5.80. The van der Waals surface area contributed by atoms with Gasteiger partial charge in [0.15, 0.2) is 0 Å². The monoisotopic (exact) mass is 597 g/mol. The molecule has 0 heterocycles.